The molecule has 17 heavy (non-hydrogen) atoms. The van der Waals surface area contributed by atoms with Gasteiger partial charge < -0.3 is 15.4 Å². The van der Waals surface area contributed by atoms with E-state index in [0.29, 0.717) is 12.8 Å². The van der Waals surface area contributed by atoms with E-state index in [4.69, 9.17) is 5.11 Å². The zero-order valence-corrected chi connectivity index (χ0v) is 9.40. The molecule has 6 heteroatoms. The van der Waals surface area contributed by atoms with Crippen LogP contribution in [-0.4, -0.2) is 28.0 Å². The van der Waals surface area contributed by atoms with Gasteiger partial charge in [0.15, 0.2) is 0 Å². The van der Waals surface area contributed by atoms with Crippen LogP contribution in [0, 0.1) is 0 Å². The predicted octanol–water partition coefficient (Wildman–Crippen LogP) is 0.358. The Kier molecular flexibility index (Phi) is 4.45. The molecule has 1 atom stereocenters. The van der Waals surface area contributed by atoms with Gasteiger partial charge in [-0.1, -0.05) is 19.4 Å². The number of aromatic amines is 1. The maximum atomic E-state index is 11.6. The summed E-state index contributed by atoms with van der Waals surface area (Å²) in [5.41, 5.74) is -0.347. The van der Waals surface area contributed by atoms with Crippen molar-refractivity contribution in [2.24, 2.45) is 0 Å². The summed E-state index contributed by atoms with van der Waals surface area (Å²) in [5, 5.41) is 11.2. The van der Waals surface area contributed by atoms with E-state index in [-0.39, 0.29) is 5.69 Å². The third-order valence-corrected chi connectivity index (χ3v) is 2.19. The molecule has 0 saturated heterocycles. The van der Waals surface area contributed by atoms with E-state index in [1.54, 1.807) is 0 Å². The topological polar surface area (TPSA) is 99.3 Å². The first-order valence-electron chi connectivity index (χ1n) is 5.27. The number of amides is 1. The second-order valence-electron chi connectivity index (χ2n) is 3.58. The van der Waals surface area contributed by atoms with Crippen LogP contribution in [0.5, 0.6) is 0 Å². The van der Waals surface area contributed by atoms with E-state index in [1.807, 2.05) is 6.92 Å². The van der Waals surface area contributed by atoms with Crippen molar-refractivity contribution in [3.05, 3.63) is 34.2 Å². The van der Waals surface area contributed by atoms with Crippen LogP contribution >= 0.6 is 0 Å². The van der Waals surface area contributed by atoms with E-state index in [0.717, 1.165) is 0 Å². The number of aromatic nitrogens is 1. The lowest BCUT2D eigenvalue weighted by molar-refractivity contribution is -0.139. The maximum Gasteiger partial charge on any atom is 0.326 e. The standard InChI is InChI=1S/C11H14N2O4/c1-2-4-8(11(16)17)13-10(15)7-5-3-6-9(14)12-7/h3,5-6,8H,2,4H2,1H3,(H,12,14)(H,13,15)(H,16,17)/t8-/m1/s1. The number of H-pyrrole nitrogens is 1. The molecule has 6 nitrogen and oxygen atoms in total. The fraction of sp³-hybridized carbons (Fsp3) is 0.364. The van der Waals surface area contributed by atoms with Crippen molar-refractivity contribution in [3.63, 3.8) is 0 Å². The summed E-state index contributed by atoms with van der Waals surface area (Å²) in [6.45, 7) is 1.83. The van der Waals surface area contributed by atoms with E-state index in [1.165, 1.54) is 18.2 Å². The summed E-state index contributed by atoms with van der Waals surface area (Å²) < 4.78 is 0. The number of carboxylic acids is 1. The van der Waals surface area contributed by atoms with Gasteiger partial charge in [0.2, 0.25) is 5.56 Å². The zero-order valence-electron chi connectivity index (χ0n) is 9.40. The van der Waals surface area contributed by atoms with Crippen LogP contribution < -0.4 is 10.9 Å². The van der Waals surface area contributed by atoms with Gasteiger partial charge in [-0.15, -0.1) is 0 Å². The van der Waals surface area contributed by atoms with Crippen molar-refractivity contribution in [2.75, 3.05) is 0 Å². The summed E-state index contributed by atoms with van der Waals surface area (Å²) in [7, 11) is 0. The fourth-order valence-corrected chi connectivity index (χ4v) is 1.36. The van der Waals surface area contributed by atoms with E-state index >= 15 is 0 Å². The Morgan fingerprint density at radius 1 is 1.47 bits per heavy atom. The first kappa shape index (κ1) is 13.0. The zero-order chi connectivity index (χ0) is 12.8. The van der Waals surface area contributed by atoms with Crippen LogP contribution in [0.4, 0.5) is 0 Å². The van der Waals surface area contributed by atoms with Crippen LogP contribution in [0.25, 0.3) is 0 Å². The summed E-state index contributed by atoms with van der Waals surface area (Å²) in [4.78, 5) is 35.8. The van der Waals surface area contributed by atoms with Gasteiger partial charge in [-0.3, -0.25) is 9.59 Å². The van der Waals surface area contributed by atoms with Gasteiger partial charge in [-0.05, 0) is 12.5 Å². The molecule has 1 aromatic rings. The smallest absolute Gasteiger partial charge is 0.326 e. The van der Waals surface area contributed by atoms with Crippen molar-refractivity contribution >= 4 is 11.9 Å². The van der Waals surface area contributed by atoms with Crippen LogP contribution in [0.2, 0.25) is 0 Å². The number of hydrogen-bond acceptors (Lipinski definition) is 3. The Hall–Kier alpha value is -2.11. The SMILES string of the molecule is CCC[C@@H](NC(=O)c1cccc(=O)[nH]1)C(=O)O. The van der Waals surface area contributed by atoms with Gasteiger partial charge in [-0.2, -0.15) is 0 Å². The van der Waals surface area contributed by atoms with Gasteiger partial charge >= 0.3 is 5.97 Å². The Morgan fingerprint density at radius 2 is 2.18 bits per heavy atom. The molecule has 92 valence electrons. The average Bonchev–Trinajstić information content (AvgIpc) is 2.28. The molecule has 0 radical (unpaired) electrons. The van der Waals surface area contributed by atoms with Gasteiger partial charge in [-0.25, -0.2) is 4.79 Å². The molecule has 0 spiro atoms. The lowest BCUT2D eigenvalue weighted by Crippen LogP contribution is -2.41. The monoisotopic (exact) mass is 238 g/mol. The van der Waals surface area contributed by atoms with Gasteiger partial charge in [0, 0.05) is 6.07 Å². The molecule has 0 bridgehead atoms. The van der Waals surface area contributed by atoms with Crippen molar-refractivity contribution < 1.29 is 14.7 Å². The molecule has 1 aromatic heterocycles. The second-order valence-corrected chi connectivity index (χ2v) is 3.58. The number of hydrogen-bond donors (Lipinski definition) is 3. The van der Waals surface area contributed by atoms with Gasteiger partial charge in [0.1, 0.15) is 11.7 Å². The second kappa shape index (κ2) is 5.83. The van der Waals surface area contributed by atoms with Gasteiger partial charge in [0.05, 0.1) is 0 Å². The highest BCUT2D eigenvalue weighted by Crippen LogP contribution is 1.99. The molecule has 0 aromatic carbocycles. The summed E-state index contributed by atoms with van der Waals surface area (Å²) in [5.74, 6) is -1.68. The molecule has 0 aliphatic carbocycles. The van der Waals surface area contributed by atoms with Crippen molar-refractivity contribution in [1.82, 2.24) is 10.3 Å². The minimum absolute atomic E-state index is 0.0554. The largest absolute Gasteiger partial charge is 0.480 e. The highest BCUT2D eigenvalue weighted by Gasteiger charge is 2.19. The van der Waals surface area contributed by atoms with Crippen molar-refractivity contribution in [2.45, 2.75) is 25.8 Å². The molecular weight excluding hydrogens is 224 g/mol. The Bertz CT molecular complexity index is 467. The lowest BCUT2D eigenvalue weighted by atomic mass is 10.1. The Morgan fingerprint density at radius 3 is 2.71 bits per heavy atom. The molecule has 3 N–H and O–H groups in total. The first-order valence-corrected chi connectivity index (χ1v) is 5.27. The summed E-state index contributed by atoms with van der Waals surface area (Å²) in [6, 6.07) is 3.19. The highest BCUT2D eigenvalue weighted by molar-refractivity contribution is 5.94. The number of carboxylic acid groups (broad SMARTS) is 1. The molecule has 0 unspecified atom stereocenters. The molecule has 0 aliphatic rings. The third-order valence-electron chi connectivity index (χ3n) is 2.19. The third kappa shape index (κ3) is 3.75. The highest BCUT2D eigenvalue weighted by atomic mass is 16.4. The minimum Gasteiger partial charge on any atom is -0.480 e. The fourth-order valence-electron chi connectivity index (χ4n) is 1.36. The number of nitrogens with one attached hydrogen (secondary N) is 2. The maximum absolute atomic E-state index is 11.6. The molecule has 1 rings (SSSR count). The molecule has 1 heterocycles. The predicted molar refractivity (Wildman–Crippen MR) is 60.9 cm³/mol. The summed E-state index contributed by atoms with van der Waals surface area (Å²) >= 11 is 0. The number of aliphatic carboxylic acids is 1. The molecule has 1 amide bonds. The normalized spacial score (nSPS) is 11.8. The van der Waals surface area contributed by atoms with Gasteiger partial charge in [0.25, 0.3) is 5.91 Å². The molecule has 0 fully saturated rings. The lowest BCUT2D eigenvalue weighted by Gasteiger charge is -2.13. The number of pyridine rings is 1. The van der Waals surface area contributed by atoms with Crippen LogP contribution in [0.3, 0.4) is 0 Å². The average molecular weight is 238 g/mol. The van der Waals surface area contributed by atoms with Crippen LogP contribution in [-0.2, 0) is 4.79 Å². The Balaban J connectivity index is 2.77. The molecule has 0 saturated carbocycles. The number of carbonyl (C=O) groups excluding carboxylic acids is 1. The molecule has 0 aliphatic heterocycles. The van der Waals surface area contributed by atoms with Crippen molar-refractivity contribution in [3.8, 4) is 0 Å². The minimum atomic E-state index is -1.08. The first-order chi connectivity index (χ1) is 8.04. The quantitative estimate of drug-likeness (QED) is 0.689. The van der Waals surface area contributed by atoms with Crippen LogP contribution in [0.15, 0.2) is 23.0 Å². The van der Waals surface area contributed by atoms with Crippen LogP contribution in [0.1, 0.15) is 30.3 Å². The molecular formula is C11H14N2O4. The summed E-state index contributed by atoms with van der Waals surface area (Å²) in [6.07, 6.45) is 0.987. The van der Waals surface area contributed by atoms with Crippen molar-refractivity contribution in [1.29, 1.82) is 0 Å². The Labute approximate surface area is 97.7 Å². The van der Waals surface area contributed by atoms with E-state index in [9.17, 15) is 14.4 Å². The number of rotatable bonds is 5. The number of carbonyl (C=O) groups is 2. The van der Waals surface area contributed by atoms with E-state index < -0.39 is 23.5 Å². The van der Waals surface area contributed by atoms with E-state index in [2.05, 4.69) is 10.3 Å².